The average Bonchev–Trinajstić information content (AvgIpc) is 1.88. The summed E-state index contributed by atoms with van der Waals surface area (Å²) in [6.07, 6.45) is 0.915. The van der Waals surface area contributed by atoms with E-state index in [-0.39, 0.29) is 11.5 Å². The SMILES string of the molecule is CCC(C(C)C#N)[SiH](Cl)Cl. The second kappa shape index (κ2) is 5.01. The summed E-state index contributed by atoms with van der Waals surface area (Å²) in [5, 5.41) is 8.54. The molecule has 10 heavy (non-hydrogen) atoms. The first-order valence-electron chi connectivity index (χ1n) is 3.31. The number of halogens is 2. The first-order valence-corrected chi connectivity index (χ1v) is 7.47. The van der Waals surface area contributed by atoms with Gasteiger partial charge in [-0.15, -0.1) is 22.2 Å². The molecule has 0 saturated carbocycles. The summed E-state index contributed by atoms with van der Waals surface area (Å²) in [7, 11) is -1.64. The Hall–Kier alpha value is 0.287. The normalized spacial score (nSPS) is 16.4. The molecule has 0 saturated heterocycles. The molecule has 0 aliphatic heterocycles. The van der Waals surface area contributed by atoms with Crippen LogP contribution in [-0.4, -0.2) is 7.42 Å². The van der Waals surface area contributed by atoms with Crippen LogP contribution in [0.3, 0.4) is 0 Å². The molecule has 0 N–H and O–H groups in total. The fraction of sp³-hybridized carbons (Fsp3) is 0.833. The molecule has 0 radical (unpaired) electrons. The molecule has 2 unspecified atom stereocenters. The van der Waals surface area contributed by atoms with Gasteiger partial charge in [-0.05, 0) is 12.5 Å². The fourth-order valence-corrected chi connectivity index (χ4v) is 4.10. The summed E-state index contributed by atoms with van der Waals surface area (Å²) in [5.74, 6) is 0.0108. The van der Waals surface area contributed by atoms with Gasteiger partial charge in [0.05, 0.1) is 6.07 Å². The zero-order chi connectivity index (χ0) is 8.15. The van der Waals surface area contributed by atoms with Crippen LogP contribution in [0, 0.1) is 17.2 Å². The minimum Gasteiger partial charge on any atom is -0.198 e. The van der Waals surface area contributed by atoms with E-state index in [1.165, 1.54) is 0 Å². The second-order valence-corrected chi connectivity index (χ2v) is 7.34. The molecular formula is C6H11Cl2NSi. The molecule has 0 fully saturated rings. The van der Waals surface area contributed by atoms with Gasteiger partial charge in [0.1, 0.15) is 0 Å². The zero-order valence-corrected chi connectivity index (χ0v) is 8.81. The Balaban J connectivity index is 3.96. The van der Waals surface area contributed by atoms with Gasteiger partial charge in [-0.25, -0.2) is 0 Å². The highest BCUT2D eigenvalue weighted by molar-refractivity contribution is 7.34. The lowest BCUT2D eigenvalue weighted by atomic mass is 10.1. The standard InChI is InChI=1S/C6H11Cl2NSi/c1-3-6(10(7)8)5(2)4-9/h5-6,10H,3H2,1-2H3. The van der Waals surface area contributed by atoms with Gasteiger partial charge in [0, 0.05) is 5.92 Å². The first-order chi connectivity index (χ1) is 4.63. The molecular weight excluding hydrogens is 185 g/mol. The molecule has 0 rings (SSSR count). The van der Waals surface area contributed by atoms with Gasteiger partial charge in [-0.3, -0.25) is 0 Å². The maximum atomic E-state index is 8.54. The van der Waals surface area contributed by atoms with Gasteiger partial charge in [0.25, 0.3) is 0 Å². The number of hydrogen-bond acceptors (Lipinski definition) is 1. The van der Waals surface area contributed by atoms with Crippen molar-refractivity contribution in [3.05, 3.63) is 0 Å². The summed E-state index contributed by atoms with van der Waals surface area (Å²) in [4.78, 5) is 0. The summed E-state index contributed by atoms with van der Waals surface area (Å²) in [6, 6.07) is 2.16. The third-order valence-electron chi connectivity index (χ3n) is 1.64. The van der Waals surface area contributed by atoms with Crippen LogP contribution in [0.15, 0.2) is 0 Å². The van der Waals surface area contributed by atoms with E-state index in [1.54, 1.807) is 0 Å². The lowest BCUT2D eigenvalue weighted by Crippen LogP contribution is -2.13. The minimum absolute atomic E-state index is 0.0108. The van der Waals surface area contributed by atoms with Gasteiger partial charge < -0.3 is 0 Å². The summed E-state index contributed by atoms with van der Waals surface area (Å²) >= 11 is 11.5. The van der Waals surface area contributed by atoms with Crippen molar-refractivity contribution >= 4 is 29.6 Å². The van der Waals surface area contributed by atoms with E-state index in [2.05, 4.69) is 6.07 Å². The van der Waals surface area contributed by atoms with Gasteiger partial charge >= 0.3 is 0 Å². The molecule has 0 aromatic heterocycles. The van der Waals surface area contributed by atoms with E-state index in [0.717, 1.165) is 6.42 Å². The van der Waals surface area contributed by atoms with Gasteiger partial charge in [-0.2, -0.15) is 5.26 Å². The van der Waals surface area contributed by atoms with Crippen molar-refractivity contribution < 1.29 is 0 Å². The lowest BCUT2D eigenvalue weighted by Gasteiger charge is -2.15. The third kappa shape index (κ3) is 2.91. The highest BCUT2D eigenvalue weighted by atomic mass is 35.7. The second-order valence-electron chi connectivity index (χ2n) is 2.32. The molecule has 0 aliphatic carbocycles. The van der Waals surface area contributed by atoms with E-state index in [4.69, 9.17) is 27.4 Å². The van der Waals surface area contributed by atoms with Crippen molar-refractivity contribution in [1.82, 2.24) is 0 Å². The number of nitriles is 1. The third-order valence-corrected chi connectivity index (χ3v) is 5.28. The molecule has 4 heteroatoms. The summed E-state index contributed by atoms with van der Waals surface area (Å²) < 4.78 is 0. The molecule has 0 heterocycles. The van der Waals surface area contributed by atoms with Crippen LogP contribution < -0.4 is 0 Å². The van der Waals surface area contributed by atoms with Crippen LogP contribution in [0.1, 0.15) is 20.3 Å². The lowest BCUT2D eigenvalue weighted by molar-refractivity contribution is 0.640. The van der Waals surface area contributed by atoms with Crippen molar-refractivity contribution in [3.8, 4) is 6.07 Å². The van der Waals surface area contributed by atoms with Crippen LogP contribution in [-0.2, 0) is 0 Å². The van der Waals surface area contributed by atoms with Crippen molar-refractivity contribution in [1.29, 1.82) is 5.26 Å². The Morgan fingerprint density at radius 3 is 2.20 bits per heavy atom. The van der Waals surface area contributed by atoms with Crippen LogP contribution in [0.5, 0.6) is 0 Å². The Morgan fingerprint density at radius 2 is 2.10 bits per heavy atom. The number of hydrogen-bond donors (Lipinski definition) is 0. The zero-order valence-electron chi connectivity index (χ0n) is 6.14. The van der Waals surface area contributed by atoms with Gasteiger partial charge in [-0.1, -0.05) is 13.3 Å². The summed E-state index contributed by atoms with van der Waals surface area (Å²) in [6.45, 7) is 3.89. The topological polar surface area (TPSA) is 23.8 Å². The molecule has 0 spiro atoms. The van der Waals surface area contributed by atoms with E-state index >= 15 is 0 Å². The van der Waals surface area contributed by atoms with E-state index in [9.17, 15) is 0 Å². The van der Waals surface area contributed by atoms with Crippen LogP contribution >= 0.6 is 22.2 Å². The van der Waals surface area contributed by atoms with Crippen molar-refractivity contribution in [2.75, 3.05) is 0 Å². The quantitative estimate of drug-likeness (QED) is 0.502. The van der Waals surface area contributed by atoms with Crippen LogP contribution in [0.4, 0.5) is 0 Å². The molecule has 0 aromatic rings. The van der Waals surface area contributed by atoms with Crippen molar-refractivity contribution in [3.63, 3.8) is 0 Å². The highest BCUT2D eigenvalue weighted by Gasteiger charge is 2.23. The van der Waals surface area contributed by atoms with E-state index in [1.807, 2.05) is 13.8 Å². The van der Waals surface area contributed by atoms with Crippen molar-refractivity contribution in [2.45, 2.75) is 25.8 Å². The Labute approximate surface area is 73.0 Å². The monoisotopic (exact) mass is 195 g/mol. The first kappa shape index (κ1) is 10.3. The predicted octanol–water partition coefficient (Wildman–Crippen LogP) is 2.62. The summed E-state index contributed by atoms with van der Waals surface area (Å²) in [5.41, 5.74) is 0.244. The average molecular weight is 196 g/mol. The molecule has 0 bridgehead atoms. The van der Waals surface area contributed by atoms with Crippen LogP contribution in [0.2, 0.25) is 5.54 Å². The molecule has 2 atom stereocenters. The smallest absolute Gasteiger partial charge is 0.198 e. The van der Waals surface area contributed by atoms with E-state index < -0.39 is 7.42 Å². The number of nitrogens with zero attached hydrogens (tertiary/aromatic N) is 1. The minimum atomic E-state index is -1.64. The largest absolute Gasteiger partial charge is 0.241 e. The number of rotatable bonds is 3. The molecule has 0 amide bonds. The van der Waals surface area contributed by atoms with Gasteiger partial charge in [0.2, 0.25) is 7.42 Å². The van der Waals surface area contributed by atoms with Gasteiger partial charge in [0.15, 0.2) is 0 Å². The fourth-order valence-electron chi connectivity index (χ4n) is 0.846. The highest BCUT2D eigenvalue weighted by Crippen LogP contribution is 2.28. The van der Waals surface area contributed by atoms with Crippen LogP contribution in [0.25, 0.3) is 0 Å². The molecule has 0 aliphatic rings. The van der Waals surface area contributed by atoms with E-state index in [0.29, 0.717) is 0 Å². The van der Waals surface area contributed by atoms with Crippen molar-refractivity contribution in [2.24, 2.45) is 5.92 Å². The Kier molecular flexibility index (Phi) is 5.15. The molecule has 1 nitrogen and oxygen atoms in total. The molecule has 0 aromatic carbocycles. The maximum Gasteiger partial charge on any atom is 0.241 e. The predicted molar refractivity (Wildman–Crippen MR) is 47.7 cm³/mol. The maximum absolute atomic E-state index is 8.54. The Bertz CT molecular complexity index is 132. The molecule has 58 valence electrons. The Morgan fingerprint density at radius 1 is 1.60 bits per heavy atom.